The second-order valence-electron chi connectivity index (χ2n) is 4.56. The molecule has 7 heteroatoms. The lowest BCUT2D eigenvalue weighted by molar-refractivity contribution is -0.139. The number of benzene rings is 1. The fraction of sp³-hybridized carbons (Fsp3) is 0.200. The predicted molar refractivity (Wildman–Crippen MR) is 74.6 cm³/mol. The maximum atomic E-state index is 12.5. The molecule has 1 amide bonds. The molecular weight excluding hydrogens is 299 g/mol. The first-order valence-corrected chi connectivity index (χ1v) is 6.31. The normalized spacial score (nSPS) is 11.4. The Labute approximate surface area is 123 Å². The van der Waals surface area contributed by atoms with E-state index in [2.05, 4.69) is 6.58 Å². The first kappa shape index (κ1) is 15.8. The molecule has 1 aromatic carbocycles. The highest BCUT2D eigenvalue weighted by atomic mass is 19.4. The third kappa shape index (κ3) is 3.55. The average molecular weight is 311 g/mol. The molecule has 0 saturated carbocycles. The zero-order valence-electron chi connectivity index (χ0n) is 11.4. The molecule has 0 bridgehead atoms. The summed E-state index contributed by atoms with van der Waals surface area (Å²) in [5.41, 5.74) is -0.348. The third-order valence-electron chi connectivity index (χ3n) is 2.85. The molecule has 0 aliphatic rings. The van der Waals surface area contributed by atoms with Crippen LogP contribution in [-0.4, -0.2) is 30.1 Å². The van der Waals surface area contributed by atoms with Gasteiger partial charge in [-0.3, -0.25) is 9.59 Å². The summed E-state index contributed by atoms with van der Waals surface area (Å²) >= 11 is 0. The minimum absolute atomic E-state index is 0.143. The average Bonchev–Trinajstić information content (AvgIpc) is 2.44. The van der Waals surface area contributed by atoms with Crippen molar-refractivity contribution in [2.45, 2.75) is 6.18 Å². The molecule has 22 heavy (non-hydrogen) atoms. The van der Waals surface area contributed by atoms with E-state index in [9.17, 15) is 22.8 Å². The van der Waals surface area contributed by atoms with Crippen LogP contribution in [0.4, 0.5) is 13.2 Å². The standard InChI is InChI=1S/C15H12F3NO3/c1-2-7-19(9-15(16,17)18)14(21)13-8-11(20)10-5-3-4-6-12(10)22-13/h2-6,8H,1,7,9H2. The Bertz CT molecular complexity index is 764. The van der Waals surface area contributed by atoms with Crippen molar-refractivity contribution in [3.05, 3.63) is 59.0 Å². The number of halogens is 3. The molecule has 1 aromatic heterocycles. The predicted octanol–water partition coefficient (Wildman–Crippen LogP) is 2.98. The van der Waals surface area contributed by atoms with Gasteiger partial charge in [0.15, 0.2) is 11.2 Å². The van der Waals surface area contributed by atoms with Crippen LogP contribution >= 0.6 is 0 Å². The number of nitrogens with zero attached hydrogens (tertiary/aromatic N) is 1. The molecule has 0 radical (unpaired) electrons. The van der Waals surface area contributed by atoms with Crippen LogP contribution in [0.25, 0.3) is 11.0 Å². The molecule has 116 valence electrons. The van der Waals surface area contributed by atoms with Gasteiger partial charge < -0.3 is 9.32 Å². The SMILES string of the molecule is C=CCN(CC(F)(F)F)C(=O)c1cc(=O)c2ccccc2o1. The topological polar surface area (TPSA) is 50.5 Å². The minimum Gasteiger partial charge on any atom is -0.451 e. The van der Waals surface area contributed by atoms with Crippen LogP contribution in [0.3, 0.4) is 0 Å². The van der Waals surface area contributed by atoms with Crippen LogP contribution < -0.4 is 5.43 Å². The maximum absolute atomic E-state index is 12.5. The molecule has 0 saturated heterocycles. The highest BCUT2D eigenvalue weighted by Crippen LogP contribution is 2.19. The second-order valence-corrected chi connectivity index (χ2v) is 4.56. The first-order chi connectivity index (χ1) is 10.3. The van der Waals surface area contributed by atoms with E-state index < -0.39 is 29.8 Å². The summed E-state index contributed by atoms with van der Waals surface area (Å²) in [7, 11) is 0. The van der Waals surface area contributed by atoms with Gasteiger partial charge in [-0.15, -0.1) is 6.58 Å². The van der Waals surface area contributed by atoms with Crippen LogP contribution in [0.2, 0.25) is 0 Å². The van der Waals surface area contributed by atoms with E-state index in [1.807, 2.05) is 0 Å². The van der Waals surface area contributed by atoms with E-state index in [-0.39, 0.29) is 17.5 Å². The zero-order valence-corrected chi connectivity index (χ0v) is 11.4. The van der Waals surface area contributed by atoms with Crippen LogP contribution in [-0.2, 0) is 0 Å². The summed E-state index contributed by atoms with van der Waals surface area (Å²) in [6.07, 6.45) is -3.39. The molecule has 0 aliphatic carbocycles. The van der Waals surface area contributed by atoms with Gasteiger partial charge in [-0.2, -0.15) is 13.2 Å². The van der Waals surface area contributed by atoms with Gasteiger partial charge in [0.2, 0.25) is 0 Å². The Morgan fingerprint density at radius 1 is 1.32 bits per heavy atom. The smallest absolute Gasteiger partial charge is 0.406 e. The molecule has 2 aromatic rings. The third-order valence-corrected chi connectivity index (χ3v) is 2.85. The summed E-state index contributed by atoms with van der Waals surface area (Å²) < 4.78 is 42.8. The van der Waals surface area contributed by atoms with Gasteiger partial charge in [-0.25, -0.2) is 0 Å². The number of alkyl halides is 3. The van der Waals surface area contributed by atoms with Crippen molar-refractivity contribution in [1.82, 2.24) is 4.90 Å². The number of para-hydroxylation sites is 1. The summed E-state index contributed by atoms with van der Waals surface area (Å²) in [5, 5.41) is 0.255. The fourth-order valence-electron chi connectivity index (χ4n) is 1.96. The molecule has 2 rings (SSSR count). The van der Waals surface area contributed by atoms with Crippen LogP contribution in [0.15, 0.2) is 52.2 Å². The van der Waals surface area contributed by atoms with E-state index in [1.54, 1.807) is 12.1 Å². The van der Waals surface area contributed by atoms with Gasteiger partial charge in [0.1, 0.15) is 12.1 Å². The van der Waals surface area contributed by atoms with Crippen molar-refractivity contribution in [1.29, 1.82) is 0 Å². The number of hydrogen-bond donors (Lipinski definition) is 0. The summed E-state index contributed by atoms with van der Waals surface area (Å²) in [6, 6.07) is 7.09. The Hall–Kier alpha value is -2.57. The van der Waals surface area contributed by atoms with Gasteiger partial charge in [0.05, 0.1) is 5.39 Å². The van der Waals surface area contributed by atoms with Gasteiger partial charge in [-0.05, 0) is 12.1 Å². The Morgan fingerprint density at radius 3 is 2.64 bits per heavy atom. The highest BCUT2D eigenvalue weighted by Gasteiger charge is 2.33. The highest BCUT2D eigenvalue weighted by molar-refractivity contribution is 5.93. The number of carbonyl (C=O) groups excluding carboxylic acids is 1. The zero-order chi connectivity index (χ0) is 16.3. The summed E-state index contributed by atoms with van der Waals surface area (Å²) in [4.78, 5) is 24.6. The molecule has 0 aliphatic heterocycles. The number of hydrogen-bond acceptors (Lipinski definition) is 3. The molecule has 0 N–H and O–H groups in total. The Morgan fingerprint density at radius 2 is 2.00 bits per heavy atom. The number of amides is 1. The summed E-state index contributed by atoms with van der Waals surface area (Å²) in [5.74, 6) is -1.45. The van der Waals surface area contributed by atoms with E-state index in [0.29, 0.717) is 4.90 Å². The second kappa shape index (κ2) is 6.05. The van der Waals surface area contributed by atoms with Crippen molar-refractivity contribution < 1.29 is 22.4 Å². The quantitative estimate of drug-likeness (QED) is 0.816. The van der Waals surface area contributed by atoms with Crippen LogP contribution in [0.5, 0.6) is 0 Å². The van der Waals surface area contributed by atoms with Crippen molar-refractivity contribution in [2.75, 3.05) is 13.1 Å². The van der Waals surface area contributed by atoms with Crippen molar-refractivity contribution >= 4 is 16.9 Å². The lowest BCUT2D eigenvalue weighted by Crippen LogP contribution is -2.39. The summed E-state index contributed by atoms with van der Waals surface area (Å²) in [6.45, 7) is 1.56. The molecule has 1 heterocycles. The van der Waals surface area contributed by atoms with Crippen LogP contribution in [0.1, 0.15) is 10.6 Å². The molecular formula is C15H12F3NO3. The lowest BCUT2D eigenvalue weighted by Gasteiger charge is -2.21. The van der Waals surface area contributed by atoms with Crippen molar-refractivity contribution in [2.24, 2.45) is 0 Å². The van der Waals surface area contributed by atoms with E-state index in [4.69, 9.17) is 4.42 Å². The fourth-order valence-corrected chi connectivity index (χ4v) is 1.96. The van der Waals surface area contributed by atoms with Gasteiger partial charge in [0, 0.05) is 12.6 Å². The minimum atomic E-state index is -4.56. The molecule has 0 fully saturated rings. The first-order valence-electron chi connectivity index (χ1n) is 6.31. The molecule has 0 unspecified atom stereocenters. The Balaban J connectivity index is 2.42. The van der Waals surface area contributed by atoms with E-state index in [0.717, 1.165) is 6.07 Å². The Kier molecular flexibility index (Phi) is 4.35. The van der Waals surface area contributed by atoms with Gasteiger partial charge in [0.25, 0.3) is 5.91 Å². The number of rotatable bonds is 4. The van der Waals surface area contributed by atoms with Crippen molar-refractivity contribution in [3.63, 3.8) is 0 Å². The van der Waals surface area contributed by atoms with E-state index in [1.165, 1.54) is 18.2 Å². The van der Waals surface area contributed by atoms with Gasteiger partial charge >= 0.3 is 6.18 Å². The molecule has 0 atom stereocenters. The monoisotopic (exact) mass is 311 g/mol. The largest absolute Gasteiger partial charge is 0.451 e. The lowest BCUT2D eigenvalue weighted by atomic mass is 10.2. The van der Waals surface area contributed by atoms with Crippen molar-refractivity contribution in [3.8, 4) is 0 Å². The molecule has 0 spiro atoms. The molecule has 4 nitrogen and oxygen atoms in total. The van der Waals surface area contributed by atoms with Gasteiger partial charge in [-0.1, -0.05) is 18.2 Å². The van der Waals surface area contributed by atoms with Crippen LogP contribution in [0, 0.1) is 0 Å². The number of carbonyl (C=O) groups is 1. The maximum Gasteiger partial charge on any atom is 0.406 e. The van der Waals surface area contributed by atoms with E-state index >= 15 is 0 Å². The number of fused-ring (bicyclic) bond motifs is 1.